The summed E-state index contributed by atoms with van der Waals surface area (Å²) in [5.41, 5.74) is -0.316. The molecule has 4 nitrogen and oxygen atoms in total. The number of carboxylic acid groups (broad SMARTS) is 1. The fraction of sp³-hybridized carbons (Fsp3) is 0.462. The third kappa shape index (κ3) is 3.46. The summed E-state index contributed by atoms with van der Waals surface area (Å²) in [6.07, 6.45) is -0.691. The van der Waals surface area contributed by atoms with Crippen molar-refractivity contribution in [1.29, 1.82) is 0 Å². The molecular formula is C13H17BrO4. The minimum atomic E-state index is -0.973. The van der Waals surface area contributed by atoms with E-state index >= 15 is 0 Å². The van der Waals surface area contributed by atoms with E-state index in [0.29, 0.717) is 15.8 Å². The van der Waals surface area contributed by atoms with Gasteiger partial charge in [-0.1, -0.05) is 22.0 Å². The molecule has 1 atom stereocenters. The van der Waals surface area contributed by atoms with Crippen LogP contribution in [0.15, 0.2) is 22.7 Å². The first kappa shape index (κ1) is 15.0. The molecule has 0 bridgehead atoms. The number of carbonyl (C=O) groups is 1. The summed E-state index contributed by atoms with van der Waals surface area (Å²) in [5.74, 6) is -0.249. The third-order valence-electron chi connectivity index (χ3n) is 2.85. The van der Waals surface area contributed by atoms with Gasteiger partial charge >= 0.3 is 5.97 Å². The van der Waals surface area contributed by atoms with Gasteiger partial charge in [0.1, 0.15) is 5.75 Å². The number of aliphatic carboxylic acids is 1. The second kappa shape index (κ2) is 5.71. The summed E-state index contributed by atoms with van der Waals surface area (Å²) >= 11 is 3.35. The molecule has 18 heavy (non-hydrogen) atoms. The van der Waals surface area contributed by atoms with Gasteiger partial charge in [0.25, 0.3) is 0 Å². The first-order valence-corrected chi connectivity index (χ1v) is 6.32. The number of ether oxygens (including phenoxy) is 1. The molecule has 5 heteroatoms. The van der Waals surface area contributed by atoms with Crippen molar-refractivity contribution in [2.45, 2.75) is 26.4 Å². The highest BCUT2D eigenvalue weighted by Gasteiger charge is 2.31. The standard InChI is InChI=1S/C13H17BrO4/c1-13(2,12(16)17)7-11(15)9-5-4-8(18-3)6-10(9)14/h4-6,11,15H,7H2,1-3H3,(H,16,17). The van der Waals surface area contributed by atoms with Crippen molar-refractivity contribution in [3.05, 3.63) is 28.2 Å². The van der Waals surface area contributed by atoms with Crippen molar-refractivity contribution in [2.75, 3.05) is 7.11 Å². The molecule has 0 aliphatic rings. The molecule has 0 amide bonds. The van der Waals surface area contributed by atoms with Crippen LogP contribution in [0.4, 0.5) is 0 Å². The van der Waals surface area contributed by atoms with E-state index in [1.165, 1.54) is 0 Å². The SMILES string of the molecule is COc1ccc(C(O)CC(C)(C)C(=O)O)c(Br)c1. The second-order valence-corrected chi connectivity index (χ2v) is 5.65. The monoisotopic (exact) mass is 316 g/mol. The van der Waals surface area contributed by atoms with Crippen LogP contribution < -0.4 is 4.74 Å². The number of methoxy groups -OCH3 is 1. The van der Waals surface area contributed by atoms with Crippen LogP contribution in [0, 0.1) is 5.41 Å². The Morgan fingerprint density at radius 1 is 1.50 bits per heavy atom. The van der Waals surface area contributed by atoms with E-state index in [9.17, 15) is 9.90 Å². The number of hydrogen-bond donors (Lipinski definition) is 2. The highest BCUT2D eigenvalue weighted by atomic mass is 79.9. The molecule has 0 saturated carbocycles. The average Bonchev–Trinajstić information content (AvgIpc) is 2.27. The lowest BCUT2D eigenvalue weighted by Crippen LogP contribution is -2.26. The van der Waals surface area contributed by atoms with Gasteiger partial charge in [0.2, 0.25) is 0 Å². The highest BCUT2D eigenvalue weighted by molar-refractivity contribution is 9.10. The van der Waals surface area contributed by atoms with Crippen LogP contribution in [-0.2, 0) is 4.79 Å². The van der Waals surface area contributed by atoms with E-state index in [0.717, 1.165) is 0 Å². The molecular weight excluding hydrogens is 300 g/mol. The number of aliphatic hydroxyl groups excluding tert-OH is 1. The van der Waals surface area contributed by atoms with Crippen LogP contribution in [0.25, 0.3) is 0 Å². The van der Waals surface area contributed by atoms with Crippen LogP contribution in [0.2, 0.25) is 0 Å². The van der Waals surface area contributed by atoms with Gasteiger partial charge < -0.3 is 14.9 Å². The zero-order valence-corrected chi connectivity index (χ0v) is 12.2. The summed E-state index contributed by atoms with van der Waals surface area (Å²) in [6.45, 7) is 3.19. The molecule has 0 heterocycles. The molecule has 0 saturated heterocycles. The lowest BCUT2D eigenvalue weighted by molar-refractivity contribution is -0.148. The first-order valence-electron chi connectivity index (χ1n) is 5.53. The van der Waals surface area contributed by atoms with Crippen molar-refractivity contribution < 1.29 is 19.7 Å². The Morgan fingerprint density at radius 2 is 2.11 bits per heavy atom. The van der Waals surface area contributed by atoms with E-state index < -0.39 is 17.5 Å². The van der Waals surface area contributed by atoms with Crippen LogP contribution in [0.1, 0.15) is 31.9 Å². The first-order chi connectivity index (χ1) is 8.27. The average molecular weight is 317 g/mol. The molecule has 0 aromatic heterocycles. The van der Waals surface area contributed by atoms with E-state index in [1.807, 2.05) is 0 Å². The van der Waals surface area contributed by atoms with Gasteiger partial charge in [0.05, 0.1) is 18.6 Å². The summed E-state index contributed by atoms with van der Waals surface area (Å²) < 4.78 is 5.77. The van der Waals surface area contributed by atoms with Gasteiger partial charge in [0.15, 0.2) is 0 Å². The Labute approximate surface area is 115 Å². The number of aliphatic hydroxyl groups is 1. The fourth-order valence-corrected chi connectivity index (χ4v) is 2.21. The van der Waals surface area contributed by atoms with Gasteiger partial charge in [-0.05, 0) is 38.0 Å². The van der Waals surface area contributed by atoms with E-state index in [2.05, 4.69) is 15.9 Å². The molecule has 2 N–H and O–H groups in total. The van der Waals surface area contributed by atoms with Gasteiger partial charge in [-0.15, -0.1) is 0 Å². The number of halogens is 1. The van der Waals surface area contributed by atoms with Gasteiger partial charge in [-0.3, -0.25) is 4.79 Å². The third-order valence-corrected chi connectivity index (χ3v) is 3.54. The number of benzene rings is 1. The predicted octanol–water partition coefficient (Wildman–Crippen LogP) is 2.99. The zero-order chi connectivity index (χ0) is 13.9. The van der Waals surface area contributed by atoms with Crippen molar-refractivity contribution in [3.8, 4) is 5.75 Å². The summed E-state index contributed by atoms with van der Waals surface area (Å²) in [6, 6.07) is 5.20. The zero-order valence-electron chi connectivity index (χ0n) is 10.6. The Kier molecular flexibility index (Phi) is 4.76. The lowest BCUT2D eigenvalue weighted by Gasteiger charge is -2.23. The largest absolute Gasteiger partial charge is 0.497 e. The van der Waals surface area contributed by atoms with Gasteiger partial charge in [0, 0.05) is 4.47 Å². The smallest absolute Gasteiger partial charge is 0.309 e. The Balaban J connectivity index is 2.91. The summed E-state index contributed by atoms with van der Waals surface area (Å²) in [7, 11) is 1.56. The van der Waals surface area contributed by atoms with Crippen molar-refractivity contribution >= 4 is 21.9 Å². The molecule has 1 aromatic carbocycles. The quantitative estimate of drug-likeness (QED) is 0.876. The van der Waals surface area contributed by atoms with Gasteiger partial charge in [-0.25, -0.2) is 0 Å². The maximum atomic E-state index is 11.0. The fourth-order valence-electron chi connectivity index (χ4n) is 1.59. The number of rotatable bonds is 5. The molecule has 0 aliphatic heterocycles. The Bertz CT molecular complexity index is 443. The van der Waals surface area contributed by atoms with Crippen molar-refractivity contribution in [1.82, 2.24) is 0 Å². The molecule has 100 valence electrons. The molecule has 0 fully saturated rings. The second-order valence-electron chi connectivity index (χ2n) is 4.80. The molecule has 1 rings (SSSR count). The minimum absolute atomic E-state index is 0.146. The maximum absolute atomic E-state index is 11.0. The maximum Gasteiger partial charge on any atom is 0.309 e. The van der Waals surface area contributed by atoms with Gasteiger partial charge in [-0.2, -0.15) is 0 Å². The molecule has 1 unspecified atom stereocenters. The van der Waals surface area contributed by atoms with E-state index in [4.69, 9.17) is 9.84 Å². The van der Waals surface area contributed by atoms with E-state index in [-0.39, 0.29) is 6.42 Å². The topological polar surface area (TPSA) is 66.8 Å². The van der Waals surface area contributed by atoms with E-state index in [1.54, 1.807) is 39.2 Å². The van der Waals surface area contributed by atoms with Crippen LogP contribution in [0.5, 0.6) is 5.75 Å². The van der Waals surface area contributed by atoms with Crippen molar-refractivity contribution in [2.24, 2.45) is 5.41 Å². The summed E-state index contributed by atoms with van der Waals surface area (Å²) in [5, 5.41) is 19.2. The Morgan fingerprint density at radius 3 is 2.56 bits per heavy atom. The lowest BCUT2D eigenvalue weighted by atomic mass is 9.85. The minimum Gasteiger partial charge on any atom is -0.497 e. The van der Waals surface area contributed by atoms with Crippen molar-refractivity contribution in [3.63, 3.8) is 0 Å². The van der Waals surface area contributed by atoms with Crippen LogP contribution in [-0.4, -0.2) is 23.3 Å². The normalized spacial score (nSPS) is 13.2. The molecule has 0 aliphatic carbocycles. The number of carboxylic acids is 1. The predicted molar refractivity (Wildman–Crippen MR) is 71.7 cm³/mol. The van der Waals surface area contributed by atoms with Crippen LogP contribution in [0.3, 0.4) is 0 Å². The Hall–Kier alpha value is -1.07. The van der Waals surface area contributed by atoms with Crippen LogP contribution >= 0.6 is 15.9 Å². The summed E-state index contributed by atoms with van der Waals surface area (Å²) in [4.78, 5) is 11.0. The molecule has 0 radical (unpaired) electrons. The molecule has 1 aromatic rings. The highest BCUT2D eigenvalue weighted by Crippen LogP contribution is 2.34. The number of hydrogen-bond acceptors (Lipinski definition) is 3. The molecule has 0 spiro atoms.